The highest BCUT2D eigenvalue weighted by Crippen LogP contribution is 2.25. The monoisotopic (exact) mass is 296 g/mol. The van der Waals surface area contributed by atoms with Gasteiger partial charge in [-0.25, -0.2) is 0 Å². The molecule has 0 saturated heterocycles. The van der Waals surface area contributed by atoms with E-state index < -0.39 is 12.0 Å². The fraction of sp³-hybridized carbons (Fsp3) is 0.765. The molecule has 0 aromatic rings. The average Bonchev–Trinajstić information content (AvgIpc) is 2.46. The maximum atomic E-state index is 12.2. The summed E-state index contributed by atoms with van der Waals surface area (Å²) in [4.78, 5) is 24.3. The van der Waals surface area contributed by atoms with E-state index >= 15 is 0 Å². The minimum absolute atomic E-state index is 0.0173. The first-order valence-corrected chi connectivity index (χ1v) is 7.88. The molecule has 120 valence electrons. The fourth-order valence-corrected chi connectivity index (χ4v) is 2.80. The Morgan fingerprint density at radius 3 is 2.43 bits per heavy atom. The second kappa shape index (κ2) is 7.74. The van der Waals surface area contributed by atoms with Crippen LogP contribution in [0.3, 0.4) is 0 Å². The van der Waals surface area contributed by atoms with Gasteiger partial charge in [-0.2, -0.15) is 0 Å². The summed E-state index contributed by atoms with van der Waals surface area (Å²) < 4.78 is 5.52. The van der Waals surface area contributed by atoms with Crippen LogP contribution in [0, 0.1) is 23.7 Å². The molecule has 0 aromatic heterocycles. The third kappa shape index (κ3) is 4.67. The smallest absolute Gasteiger partial charge is 0.311 e. The number of carbonyl (C=O) groups is 2. The van der Waals surface area contributed by atoms with E-state index in [4.69, 9.17) is 4.74 Å². The van der Waals surface area contributed by atoms with Gasteiger partial charge in [0, 0.05) is 11.8 Å². The molecule has 0 saturated carbocycles. The van der Waals surface area contributed by atoms with Crippen LogP contribution in [0.2, 0.25) is 0 Å². The standard InChI is InChI=1S/C17H28O4/c1-6-15-10(2)7-8-14(18)11(3)9-12(4)16(19)13(5)17(20)21-15/h7-8,10-13,15-16,19H,6,9H2,1-5H3/b8-7-/t10-,11-,12+,13-,15-,16-/m0/s1. The van der Waals surface area contributed by atoms with Crippen molar-refractivity contribution >= 4 is 11.8 Å². The van der Waals surface area contributed by atoms with Crippen LogP contribution in [-0.2, 0) is 14.3 Å². The number of esters is 1. The third-order valence-corrected chi connectivity index (χ3v) is 4.50. The van der Waals surface area contributed by atoms with Crippen molar-refractivity contribution in [1.82, 2.24) is 0 Å². The summed E-state index contributed by atoms with van der Waals surface area (Å²) in [6.45, 7) is 9.31. The van der Waals surface area contributed by atoms with Gasteiger partial charge in [0.05, 0.1) is 12.0 Å². The molecule has 4 heteroatoms. The van der Waals surface area contributed by atoms with Crippen molar-refractivity contribution in [1.29, 1.82) is 0 Å². The number of allylic oxidation sites excluding steroid dienone is 1. The minimum Gasteiger partial charge on any atom is -0.461 e. The van der Waals surface area contributed by atoms with Gasteiger partial charge in [-0.1, -0.05) is 33.8 Å². The first kappa shape index (κ1) is 17.9. The lowest BCUT2D eigenvalue weighted by Gasteiger charge is -2.29. The van der Waals surface area contributed by atoms with Crippen LogP contribution in [0.4, 0.5) is 0 Å². The van der Waals surface area contributed by atoms with Gasteiger partial charge in [0.1, 0.15) is 6.10 Å². The second-order valence-corrected chi connectivity index (χ2v) is 6.40. The number of rotatable bonds is 1. The lowest BCUT2D eigenvalue weighted by molar-refractivity contribution is -0.160. The molecular formula is C17H28O4. The summed E-state index contributed by atoms with van der Waals surface area (Å²) in [6, 6.07) is 0. The highest BCUT2D eigenvalue weighted by atomic mass is 16.5. The highest BCUT2D eigenvalue weighted by molar-refractivity contribution is 5.91. The zero-order valence-electron chi connectivity index (χ0n) is 13.7. The van der Waals surface area contributed by atoms with Crippen LogP contribution in [0.1, 0.15) is 47.5 Å². The number of carbonyl (C=O) groups excluding carboxylic acids is 2. The molecule has 0 amide bonds. The van der Waals surface area contributed by atoms with Gasteiger partial charge in [-0.3, -0.25) is 9.59 Å². The van der Waals surface area contributed by atoms with Crippen LogP contribution >= 0.6 is 0 Å². The Balaban J connectivity index is 3.04. The van der Waals surface area contributed by atoms with Crippen molar-refractivity contribution in [2.45, 2.75) is 59.7 Å². The normalized spacial score (nSPS) is 40.9. The number of hydrogen-bond acceptors (Lipinski definition) is 4. The zero-order chi connectivity index (χ0) is 16.2. The Bertz CT molecular complexity index is 402. The van der Waals surface area contributed by atoms with Crippen molar-refractivity contribution < 1.29 is 19.4 Å². The van der Waals surface area contributed by atoms with E-state index in [9.17, 15) is 14.7 Å². The van der Waals surface area contributed by atoms with Crippen molar-refractivity contribution in [2.24, 2.45) is 23.7 Å². The molecule has 1 aliphatic heterocycles. The van der Waals surface area contributed by atoms with Gasteiger partial charge >= 0.3 is 5.97 Å². The summed E-state index contributed by atoms with van der Waals surface area (Å²) >= 11 is 0. The van der Waals surface area contributed by atoms with E-state index in [0.29, 0.717) is 12.8 Å². The highest BCUT2D eigenvalue weighted by Gasteiger charge is 2.32. The number of aliphatic hydroxyl groups is 1. The lowest BCUT2D eigenvalue weighted by atomic mass is 9.84. The number of aliphatic hydroxyl groups excluding tert-OH is 1. The molecule has 0 fully saturated rings. The van der Waals surface area contributed by atoms with Crippen molar-refractivity contribution in [3.8, 4) is 0 Å². The van der Waals surface area contributed by atoms with Crippen molar-refractivity contribution in [2.75, 3.05) is 0 Å². The maximum Gasteiger partial charge on any atom is 0.311 e. The van der Waals surface area contributed by atoms with Gasteiger partial charge in [0.15, 0.2) is 5.78 Å². The molecule has 0 spiro atoms. The molecule has 0 bridgehead atoms. The van der Waals surface area contributed by atoms with Gasteiger partial charge in [-0.15, -0.1) is 0 Å². The number of ether oxygens (including phenoxy) is 1. The second-order valence-electron chi connectivity index (χ2n) is 6.40. The van der Waals surface area contributed by atoms with E-state index in [-0.39, 0.29) is 35.6 Å². The van der Waals surface area contributed by atoms with E-state index in [1.165, 1.54) is 0 Å². The Morgan fingerprint density at radius 2 is 1.86 bits per heavy atom. The SMILES string of the molecule is CC[C@@H]1OC(=O)[C@@H](C)[C@@H](O)[C@H](C)C[C@H](C)C(=O)/C=C\[C@@H]1C. The van der Waals surface area contributed by atoms with Crippen LogP contribution < -0.4 is 0 Å². The Morgan fingerprint density at radius 1 is 1.24 bits per heavy atom. The predicted molar refractivity (Wildman–Crippen MR) is 81.6 cm³/mol. The molecule has 21 heavy (non-hydrogen) atoms. The van der Waals surface area contributed by atoms with Crippen LogP contribution in [0.15, 0.2) is 12.2 Å². The number of ketones is 1. The number of cyclic esters (lactones) is 1. The summed E-state index contributed by atoms with van der Waals surface area (Å²) in [5, 5.41) is 10.3. The maximum absolute atomic E-state index is 12.2. The van der Waals surface area contributed by atoms with Gasteiger partial charge < -0.3 is 9.84 Å². The zero-order valence-corrected chi connectivity index (χ0v) is 13.7. The van der Waals surface area contributed by atoms with Gasteiger partial charge in [0.25, 0.3) is 0 Å². The molecule has 0 aliphatic carbocycles. The van der Waals surface area contributed by atoms with Crippen molar-refractivity contribution in [3.63, 3.8) is 0 Å². The van der Waals surface area contributed by atoms with E-state index in [2.05, 4.69) is 0 Å². The average molecular weight is 296 g/mol. The van der Waals surface area contributed by atoms with Gasteiger partial charge in [-0.05, 0) is 31.8 Å². The van der Waals surface area contributed by atoms with Crippen LogP contribution in [0.5, 0.6) is 0 Å². The van der Waals surface area contributed by atoms with E-state index in [0.717, 1.165) is 0 Å². The summed E-state index contributed by atoms with van der Waals surface area (Å²) in [5.41, 5.74) is 0. The fourth-order valence-electron chi connectivity index (χ4n) is 2.80. The summed E-state index contributed by atoms with van der Waals surface area (Å²) in [6.07, 6.45) is 3.61. The Kier molecular flexibility index (Phi) is 6.59. The summed E-state index contributed by atoms with van der Waals surface area (Å²) in [5.74, 6) is -1.17. The van der Waals surface area contributed by atoms with E-state index in [1.807, 2.05) is 33.8 Å². The molecule has 1 N–H and O–H groups in total. The predicted octanol–water partition coefficient (Wildman–Crippen LogP) is 2.74. The Hall–Kier alpha value is -1.16. The minimum atomic E-state index is -0.788. The summed E-state index contributed by atoms with van der Waals surface area (Å²) in [7, 11) is 0. The van der Waals surface area contributed by atoms with Crippen molar-refractivity contribution in [3.05, 3.63) is 12.2 Å². The lowest BCUT2D eigenvalue weighted by Crippen LogP contribution is -2.37. The molecule has 0 aromatic carbocycles. The molecule has 1 rings (SSSR count). The van der Waals surface area contributed by atoms with E-state index in [1.54, 1.807) is 13.0 Å². The Labute approximate surface area is 127 Å². The molecule has 0 radical (unpaired) electrons. The first-order chi connectivity index (χ1) is 9.77. The molecule has 1 aliphatic rings. The number of hydrogen-bond donors (Lipinski definition) is 1. The molecule has 1 heterocycles. The van der Waals surface area contributed by atoms with Crippen LogP contribution in [0.25, 0.3) is 0 Å². The molecule has 4 nitrogen and oxygen atoms in total. The third-order valence-electron chi connectivity index (χ3n) is 4.50. The van der Waals surface area contributed by atoms with Gasteiger partial charge in [0.2, 0.25) is 0 Å². The largest absolute Gasteiger partial charge is 0.461 e. The first-order valence-electron chi connectivity index (χ1n) is 7.88. The topological polar surface area (TPSA) is 63.6 Å². The quantitative estimate of drug-likeness (QED) is 0.756. The molecular weight excluding hydrogens is 268 g/mol. The molecule has 6 atom stereocenters. The van der Waals surface area contributed by atoms with Crippen LogP contribution in [-0.4, -0.2) is 29.1 Å². The molecule has 0 unspecified atom stereocenters.